The molecule has 1 aliphatic carbocycles. The van der Waals surface area contributed by atoms with E-state index in [1.165, 1.54) is 0 Å². The van der Waals surface area contributed by atoms with Gasteiger partial charge in [0, 0.05) is 17.6 Å². The van der Waals surface area contributed by atoms with Crippen LogP contribution in [-0.4, -0.2) is 29.5 Å². The molecule has 1 heterocycles. The molecule has 0 saturated heterocycles. The third-order valence-electron chi connectivity index (χ3n) is 4.14. The van der Waals surface area contributed by atoms with Crippen LogP contribution in [0.25, 0.3) is 10.9 Å². The Morgan fingerprint density at radius 1 is 1.17 bits per heavy atom. The molecule has 1 amide bonds. The maximum atomic E-state index is 12.0. The lowest BCUT2D eigenvalue weighted by molar-refractivity contribution is -0.148. The molecule has 2 aromatic rings. The number of nitrogens with one attached hydrogen (secondary N) is 1. The van der Waals surface area contributed by atoms with Crippen molar-refractivity contribution < 1.29 is 14.3 Å². The van der Waals surface area contributed by atoms with Gasteiger partial charge in [0.25, 0.3) is 5.91 Å². The van der Waals surface area contributed by atoms with Crippen molar-refractivity contribution >= 4 is 22.8 Å². The summed E-state index contributed by atoms with van der Waals surface area (Å²) in [6, 6.07) is 9.74. The Balaban J connectivity index is 1.53. The quantitative estimate of drug-likeness (QED) is 0.861. The highest BCUT2D eigenvalue weighted by Gasteiger charge is 2.18. The van der Waals surface area contributed by atoms with Crippen LogP contribution in [0.4, 0.5) is 0 Å². The molecule has 5 nitrogen and oxygen atoms in total. The minimum atomic E-state index is -0.412. The number of pyridine rings is 1. The lowest BCUT2D eigenvalue weighted by Crippen LogP contribution is -2.36. The number of rotatable bonds is 5. The van der Waals surface area contributed by atoms with E-state index in [4.69, 9.17) is 4.74 Å². The number of fused-ring (bicyclic) bond motifs is 1. The van der Waals surface area contributed by atoms with Crippen LogP contribution in [0.5, 0.6) is 0 Å². The molecule has 0 aliphatic heterocycles. The average Bonchev–Trinajstić information content (AvgIpc) is 3.06. The molecule has 120 valence electrons. The van der Waals surface area contributed by atoms with Crippen molar-refractivity contribution in [2.24, 2.45) is 0 Å². The summed E-state index contributed by atoms with van der Waals surface area (Å²) in [5.41, 5.74) is 1.60. The minimum Gasteiger partial charge on any atom is -0.455 e. The molecule has 0 spiro atoms. The molecule has 23 heavy (non-hydrogen) atoms. The number of benzene rings is 1. The van der Waals surface area contributed by atoms with Crippen molar-refractivity contribution in [3.05, 3.63) is 42.1 Å². The summed E-state index contributed by atoms with van der Waals surface area (Å²) >= 11 is 0. The minimum absolute atomic E-state index is 0.116. The molecule has 0 atom stereocenters. The number of hydrogen-bond acceptors (Lipinski definition) is 4. The van der Waals surface area contributed by atoms with Gasteiger partial charge in [-0.2, -0.15) is 0 Å². The van der Waals surface area contributed by atoms with Crippen molar-refractivity contribution in [2.45, 2.75) is 38.1 Å². The van der Waals surface area contributed by atoms with Gasteiger partial charge in [0.15, 0.2) is 6.61 Å². The first-order chi connectivity index (χ1) is 11.2. The summed E-state index contributed by atoms with van der Waals surface area (Å²) in [4.78, 5) is 28.0. The Morgan fingerprint density at radius 2 is 1.96 bits per heavy atom. The van der Waals surface area contributed by atoms with E-state index in [2.05, 4.69) is 10.3 Å². The first-order valence-electron chi connectivity index (χ1n) is 8.00. The largest absolute Gasteiger partial charge is 0.455 e. The smallest absolute Gasteiger partial charge is 0.310 e. The number of esters is 1. The second-order valence-electron chi connectivity index (χ2n) is 5.88. The van der Waals surface area contributed by atoms with Gasteiger partial charge in [-0.15, -0.1) is 0 Å². The van der Waals surface area contributed by atoms with E-state index in [1.54, 1.807) is 6.20 Å². The van der Waals surface area contributed by atoms with Crippen LogP contribution in [0.15, 0.2) is 36.5 Å². The molecule has 3 rings (SSSR count). The number of aromatic nitrogens is 1. The molecule has 0 unspecified atom stereocenters. The molecule has 5 heteroatoms. The highest BCUT2D eigenvalue weighted by Crippen LogP contribution is 2.18. The summed E-state index contributed by atoms with van der Waals surface area (Å²) in [5, 5.41) is 3.88. The van der Waals surface area contributed by atoms with Gasteiger partial charge >= 0.3 is 5.97 Å². The number of para-hydroxylation sites is 1. The molecule has 0 bridgehead atoms. The first kappa shape index (κ1) is 15.5. The third kappa shape index (κ3) is 4.06. The maximum absolute atomic E-state index is 12.0. The number of hydrogen-bond donors (Lipinski definition) is 1. The molecule has 1 saturated carbocycles. The number of carbonyl (C=O) groups is 2. The Hall–Kier alpha value is -2.43. The van der Waals surface area contributed by atoms with Crippen LogP contribution in [0.2, 0.25) is 0 Å². The zero-order valence-corrected chi connectivity index (χ0v) is 13.0. The molecule has 0 radical (unpaired) electrons. The fourth-order valence-electron chi connectivity index (χ4n) is 3.00. The van der Waals surface area contributed by atoms with Gasteiger partial charge in [-0.25, -0.2) is 0 Å². The fraction of sp³-hybridized carbons (Fsp3) is 0.389. The normalized spacial score (nSPS) is 14.8. The summed E-state index contributed by atoms with van der Waals surface area (Å²) in [6.07, 6.45) is 6.15. The lowest BCUT2D eigenvalue weighted by atomic mass is 10.1. The van der Waals surface area contributed by atoms with Crippen LogP contribution in [0.3, 0.4) is 0 Å². The standard InChI is InChI=1S/C18H20N2O3/c21-16(20-15-8-1-2-9-15)12-23-17(22)11-14-6-3-5-13-7-4-10-19-18(13)14/h3-7,10,15H,1-2,8-9,11-12H2,(H,20,21). The second-order valence-corrected chi connectivity index (χ2v) is 5.88. The van der Waals surface area contributed by atoms with E-state index in [1.807, 2.05) is 30.3 Å². The van der Waals surface area contributed by atoms with Crippen molar-refractivity contribution in [3.8, 4) is 0 Å². The zero-order chi connectivity index (χ0) is 16.1. The molecule has 1 aliphatic rings. The van der Waals surface area contributed by atoms with Crippen molar-refractivity contribution in [1.82, 2.24) is 10.3 Å². The van der Waals surface area contributed by atoms with Crippen molar-refractivity contribution in [3.63, 3.8) is 0 Å². The molecule has 1 N–H and O–H groups in total. The number of carbonyl (C=O) groups excluding carboxylic acids is 2. The monoisotopic (exact) mass is 312 g/mol. The van der Waals surface area contributed by atoms with E-state index in [0.29, 0.717) is 0 Å². The van der Waals surface area contributed by atoms with Gasteiger partial charge in [-0.05, 0) is 24.5 Å². The van der Waals surface area contributed by atoms with Gasteiger partial charge in [0.05, 0.1) is 11.9 Å². The number of amides is 1. The van der Waals surface area contributed by atoms with Crippen LogP contribution in [-0.2, 0) is 20.7 Å². The number of ether oxygens (including phenoxy) is 1. The highest BCUT2D eigenvalue weighted by molar-refractivity contribution is 5.86. The topological polar surface area (TPSA) is 68.3 Å². The predicted molar refractivity (Wildman–Crippen MR) is 86.8 cm³/mol. The first-order valence-corrected chi connectivity index (χ1v) is 8.00. The molecule has 1 aromatic carbocycles. The van der Waals surface area contributed by atoms with Crippen LogP contribution >= 0.6 is 0 Å². The summed E-state index contributed by atoms with van der Waals surface area (Å²) < 4.78 is 5.09. The Labute approximate surface area is 135 Å². The molecule has 1 fully saturated rings. The highest BCUT2D eigenvalue weighted by atomic mass is 16.5. The van der Waals surface area contributed by atoms with E-state index >= 15 is 0 Å². The zero-order valence-electron chi connectivity index (χ0n) is 13.0. The van der Waals surface area contributed by atoms with E-state index < -0.39 is 5.97 Å². The average molecular weight is 312 g/mol. The Kier molecular flexibility index (Phi) is 4.86. The predicted octanol–water partition coefficient (Wildman–Crippen LogP) is 2.38. The van der Waals surface area contributed by atoms with Crippen molar-refractivity contribution in [2.75, 3.05) is 6.61 Å². The lowest BCUT2D eigenvalue weighted by Gasteiger charge is -2.12. The third-order valence-corrected chi connectivity index (χ3v) is 4.14. The van der Waals surface area contributed by atoms with Crippen LogP contribution in [0, 0.1) is 0 Å². The molecule has 1 aromatic heterocycles. The Morgan fingerprint density at radius 3 is 2.78 bits per heavy atom. The SMILES string of the molecule is O=C(COC(=O)Cc1cccc2cccnc12)NC1CCCC1. The van der Waals surface area contributed by atoms with E-state index in [9.17, 15) is 9.59 Å². The molecular formula is C18H20N2O3. The number of nitrogens with zero attached hydrogens (tertiary/aromatic N) is 1. The van der Waals surface area contributed by atoms with Gasteiger partial charge in [-0.1, -0.05) is 37.1 Å². The summed E-state index contributed by atoms with van der Waals surface area (Å²) in [5.74, 6) is -0.633. The van der Waals surface area contributed by atoms with Crippen molar-refractivity contribution in [1.29, 1.82) is 0 Å². The summed E-state index contributed by atoms with van der Waals surface area (Å²) in [6.45, 7) is -0.215. The molecular weight excluding hydrogens is 292 g/mol. The van der Waals surface area contributed by atoms with E-state index in [-0.39, 0.29) is 25.0 Å². The van der Waals surface area contributed by atoms with Gasteiger partial charge < -0.3 is 10.1 Å². The van der Waals surface area contributed by atoms with Gasteiger partial charge in [0.2, 0.25) is 0 Å². The maximum Gasteiger partial charge on any atom is 0.310 e. The summed E-state index contributed by atoms with van der Waals surface area (Å²) in [7, 11) is 0. The second kappa shape index (κ2) is 7.22. The van der Waals surface area contributed by atoms with E-state index in [0.717, 1.165) is 42.1 Å². The van der Waals surface area contributed by atoms with Gasteiger partial charge in [0.1, 0.15) is 0 Å². The Bertz CT molecular complexity index is 703. The van der Waals surface area contributed by atoms with Crippen LogP contribution in [0.1, 0.15) is 31.2 Å². The van der Waals surface area contributed by atoms with Crippen LogP contribution < -0.4 is 5.32 Å². The van der Waals surface area contributed by atoms with Gasteiger partial charge in [-0.3, -0.25) is 14.6 Å². The fourth-order valence-corrected chi connectivity index (χ4v) is 3.00.